The summed E-state index contributed by atoms with van der Waals surface area (Å²) in [6.45, 7) is 13.9. The van der Waals surface area contributed by atoms with Crippen LogP contribution >= 0.6 is 58.8 Å². The van der Waals surface area contributed by atoms with Crippen molar-refractivity contribution in [3.63, 3.8) is 0 Å². The number of nitrogens with zero attached hydrogens (tertiary/aromatic N) is 6. The summed E-state index contributed by atoms with van der Waals surface area (Å²) in [4.78, 5) is 20.4. The lowest BCUT2D eigenvalue weighted by Gasteiger charge is -2.30. The quantitative estimate of drug-likeness (QED) is 0.359. The Morgan fingerprint density at radius 2 is 0.951 bits per heavy atom. The SMILES string of the molecule is C1COCCN1.C1COCCN1.Cl.Clc1cc(Cl)nc(Cl)n1.Clc1cc(N2CCOCC2)nc(N2CCOCC2)n1. The molecule has 0 amide bonds. The standard InChI is InChI=1S/C12H17ClN4O2.C4HCl3N2.2C4H9NO.ClH/c13-10-9-11(16-1-5-18-6-2-16)15-12(14-10)17-3-7-19-8-4-17;5-2-1-3(6)9-4(7)8-2;2*1-3-6-4-2-5-1;/h9H,1-8H2;1H;2*5H,1-4H2;1H. The van der Waals surface area contributed by atoms with Crippen molar-refractivity contribution in [3.8, 4) is 0 Å². The van der Waals surface area contributed by atoms with Crippen LogP contribution in [-0.4, -0.2) is 125 Å². The third-order valence-electron chi connectivity index (χ3n) is 5.63. The number of halogens is 5. The number of anilines is 2. The van der Waals surface area contributed by atoms with Crippen LogP contribution in [0.4, 0.5) is 11.8 Å². The predicted molar refractivity (Wildman–Crippen MR) is 165 cm³/mol. The van der Waals surface area contributed by atoms with E-state index in [2.05, 4.69) is 40.4 Å². The Bertz CT molecular complexity index is 861. The average molecular weight is 679 g/mol. The van der Waals surface area contributed by atoms with Crippen LogP contribution in [0.25, 0.3) is 0 Å². The molecule has 17 heteroatoms. The molecule has 4 saturated heterocycles. The normalized spacial score (nSPS) is 18.7. The molecule has 2 aromatic heterocycles. The Hall–Kier alpha value is -1.03. The molecule has 6 heterocycles. The lowest BCUT2D eigenvalue weighted by atomic mass is 10.4. The molecular weight excluding hydrogens is 642 g/mol. The first-order chi connectivity index (χ1) is 19.5. The molecule has 4 aliphatic heterocycles. The summed E-state index contributed by atoms with van der Waals surface area (Å²) in [5.74, 6) is 1.57. The monoisotopic (exact) mass is 676 g/mol. The van der Waals surface area contributed by atoms with Crippen molar-refractivity contribution >= 4 is 70.6 Å². The molecule has 2 aromatic rings. The van der Waals surface area contributed by atoms with Gasteiger partial charge in [0.1, 0.15) is 21.3 Å². The fourth-order valence-corrected chi connectivity index (χ4v) is 4.51. The molecule has 0 spiro atoms. The van der Waals surface area contributed by atoms with Gasteiger partial charge >= 0.3 is 0 Å². The maximum atomic E-state index is 6.12. The van der Waals surface area contributed by atoms with Gasteiger partial charge in [-0.25, -0.2) is 15.0 Å². The van der Waals surface area contributed by atoms with Crippen LogP contribution in [0.15, 0.2) is 12.1 Å². The van der Waals surface area contributed by atoms with Crippen molar-refractivity contribution in [2.45, 2.75) is 0 Å². The number of aromatic nitrogens is 4. The van der Waals surface area contributed by atoms with E-state index in [1.165, 1.54) is 6.07 Å². The summed E-state index contributed by atoms with van der Waals surface area (Å²) in [5, 5.41) is 7.37. The number of hydrogen-bond donors (Lipinski definition) is 2. The van der Waals surface area contributed by atoms with Crippen LogP contribution < -0.4 is 20.4 Å². The molecule has 0 atom stereocenters. The van der Waals surface area contributed by atoms with E-state index in [-0.39, 0.29) is 28.0 Å². The molecule has 2 N–H and O–H groups in total. The maximum Gasteiger partial charge on any atom is 0.228 e. The minimum Gasteiger partial charge on any atom is -0.379 e. The highest BCUT2D eigenvalue weighted by Gasteiger charge is 2.18. The van der Waals surface area contributed by atoms with Crippen LogP contribution in [0.1, 0.15) is 0 Å². The molecule has 0 saturated carbocycles. The highest BCUT2D eigenvalue weighted by Crippen LogP contribution is 2.22. The van der Waals surface area contributed by atoms with Crippen LogP contribution in [0.3, 0.4) is 0 Å². The van der Waals surface area contributed by atoms with Gasteiger partial charge in [0.25, 0.3) is 0 Å². The van der Waals surface area contributed by atoms with E-state index >= 15 is 0 Å². The summed E-state index contributed by atoms with van der Waals surface area (Å²) in [6, 6.07) is 3.23. The predicted octanol–water partition coefficient (Wildman–Crippen LogP) is 2.87. The van der Waals surface area contributed by atoms with Gasteiger partial charge in [0, 0.05) is 64.5 Å². The first-order valence-electron chi connectivity index (χ1n) is 13.1. The van der Waals surface area contributed by atoms with Crippen molar-refractivity contribution in [3.05, 3.63) is 32.9 Å². The molecule has 12 nitrogen and oxygen atoms in total. The van der Waals surface area contributed by atoms with E-state index in [1.54, 1.807) is 0 Å². The van der Waals surface area contributed by atoms with Crippen LogP contribution in [0, 0.1) is 0 Å². The number of nitrogens with one attached hydrogen (secondary N) is 2. The Balaban J connectivity index is 0.000000221. The average Bonchev–Trinajstić information content (AvgIpc) is 3.00. The Morgan fingerprint density at radius 3 is 1.34 bits per heavy atom. The van der Waals surface area contributed by atoms with Crippen LogP contribution in [0.2, 0.25) is 20.7 Å². The molecule has 0 unspecified atom stereocenters. The second-order valence-corrected chi connectivity index (χ2v) is 10.1. The van der Waals surface area contributed by atoms with Crippen molar-refractivity contribution < 1.29 is 18.9 Å². The number of rotatable bonds is 2. The minimum absolute atomic E-state index is 0. The summed E-state index contributed by atoms with van der Waals surface area (Å²) in [6.07, 6.45) is 0. The Kier molecular flexibility index (Phi) is 19.1. The van der Waals surface area contributed by atoms with Crippen LogP contribution in [0.5, 0.6) is 0 Å². The Labute approximate surface area is 267 Å². The minimum atomic E-state index is 0. The van der Waals surface area contributed by atoms with Crippen molar-refractivity contribution in [1.82, 2.24) is 30.6 Å². The second-order valence-electron chi connectivity index (χ2n) is 8.55. The fourth-order valence-electron chi connectivity index (χ4n) is 3.65. The van der Waals surface area contributed by atoms with Gasteiger partial charge < -0.3 is 39.4 Å². The van der Waals surface area contributed by atoms with E-state index in [1.807, 2.05) is 6.07 Å². The third-order valence-corrected chi connectivity index (χ3v) is 6.38. The third kappa shape index (κ3) is 15.3. The summed E-state index contributed by atoms with van der Waals surface area (Å²) >= 11 is 22.3. The van der Waals surface area contributed by atoms with E-state index in [9.17, 15) is 0 Å². The van der Waals surface area contributed by atoms with Gasteiger partial charge in [-0.3, -0.25) is 0 Å². The van der Waals surface area contributed by atoms with Gasteiger partial charge in [0.15, 0.2) is 0 Å². The molecule has 232 valence electrons. The highest BCUT2D eigenvalue weighted by atomic mass is 35.5. The molecule has 4 fully saturated rings. The van der Waals surface area contributed by atoms with E-state index in [4.69, 9.17) is 65.4 Å². The topological polar surface area (TPSA) is 119 Å². The van der Waals surface area contributed by atoms with Crippen molar-refractivity contribution in [1.29, 1.82) is 0 Å². The largest absolute Gasteiger partial charge is 0.379 e. The number of morpholine rings is 4. The Morgan fingerprint density at radius 1 is 0.537 bits per heavy atom. The van der Waals surface area contributed by atoms with Gasteiger partial charge in [-0.1, -0.05) is 34.8 Å². The molecule has 41 heavy (non-hydrogen) atoms. The smallest absolute Gasteiger partial charge is 0.228 e. The zero-order chi connectivity index (χ0) is 28.4. The van der Waals surface area contributed by atoms with Crippen molar-refractivity contribution in [2.24, 2.45) is 0 Å². The molecule has 0 radical (unpaired) electrons. The van der Waals surface area contributed by atoms with E-state index in [0.717, 1.165) is 97.8 Å². The molecule has 0 aromatic carbocycles. The summed E-state index contributed by atoms with van der Waals surface area (Å²) < 4.78 is 20.7. The van der Waals surface area contributed by atoms with Crippen LogP contribution in [-0.2, 0) is 18.9 Å². The molecule has 4 aliphatic rings. The number of ether oxygens (including phenoxy) is 4. The van der Waals surface area contributed by atoms with Gasteiger partial charge in [0.2, 0.25) is 11.2 Å². The maximum absolute atomic E-state index is 6.12. The molecular formula is C24H37Cl5N8O4. The lowest BCUT2D eigenvalue weighted by molar-refractivity contribution is 0.109. The van der Waals surface area contributed by atoms with E-state index in [0.29, 0.717) is 24.3 Å². The van der Waals surface area contributed by atoms with Crippen molar-refractivity contribution in [2.75, 3.05) is 115 Å². The molecule has 6 rings (SSSR count). The number of hydrogen-bond acceptors (Lipinski definition) is 12. The lowest BCUT2D eigenvalue weighted by Crippen LogP contribution is -2.39. The zero-order valence-electron chi connectivity index (χ0n) is 22.7. The van der Waals surface area contributed by atoms with Gasteiger partial charge in [-0.15, -0.1) is 12.4 Å². The van der Waals surface area contributed by atoms with E-state index < -0.39 is 0 Å². The second kappa shape index (κ2) is 21.6. The first-order valence-corrected chi connectivity index (χ1v) is 14.6. The summed E-state index contributed by atoms with van der Waals surface area (Å²) in [7, 11) is 0. The highest BCUT2D eigenvalue weighted by molar-refractivity contribution is 6.35. The molecule has 0 bridgehead atoms. The first kappa shape index (κ1) is 36.2. The van der Waals surface area contributed by atoms with Gasteiger partial charge in [-0.2, -0.15) is 4.98 Å². The van der Waals surface area contributed by atoms with Gasteiger partial charge in [-0.05, 0) is 11.6 Å². The van der Waals surface area contributed by atoms with Gasteiger partial charge in [0.05, 0.1) is 52.9 Å². The zero-order valence-corrected chi connectivity index (χ0v) is 26.5. The summed E-state index contributed by atoms with van der Waals surface area (Å²) in [5.41, 5.74) is 0. The molecule has 0 aliphatic carbocycles. The fraction of sp³-hybridized carbons (Fsp3) is 0.667.